The van der Waals surface area contributed by atoms with Crippen molar-refractivity contribution in [3.05, 3.63) is 65.6 Å². The van der Waals surface area contributed by atoms with Gasteiger partial charge < -0.3 is 9.47 Å². The van der Waals surface area contributed by atoms with Crippen molar-refractivity contribution >= 4 is 40.4 Å². The molecule has 0 atom stereocenters. The van der Waals surface area contributed by atoms with Crippen molar-refractivity contribution in [1.29, 1.82) is 0 Å². The number of anilines is 4. The molecule has 2 aliphatic rings. The van der Waals surface area contributed by atoms with Crippen molar-refractivity contribution in [1.82, 2.24) is 9.55 Å². The molecule has 1 aliphatic heterocycles. The maximum Gasteiger partial charge on any atom is 0.283 e. The summed E-state index contributed by atoms with van der Waals surface area (Å²) < 4.78 is 2.01. The van der Waals surface area contributed by atoms with Crippen LogP contribution in [0, 0.1) is 5.92 Å². The van der Waals surface area contributed by atoms with Crippen LogP contribution in [0.4, 0.5) is 22.9 Å². The van der Waals surface area contributed by atoms with E-state index in [1.807, 2.05) is 65.0 Å². The second kappa shape index (κ2) is 6.13. The fourth-order valence-electron chi connectivity index (χ4n) is 3.67. The number of para-hydroxylation sites is 1. The summed E-state index contributed by atoms with van der Waals surface area (Å²) in [5, 5.41) is 0.594. The highest BCUT2D eigenvalue weighted by molar-refractivity contribution is 6.31. The Morgan fingerprint density at radius 3 is 2.63 bits per heavy atom. The number of nitrogens with zero attached hydrogens (tertiary/aromatic N) is 4. The van der Waals surface area contributed by atoms with Gasteiger partial charge in [0.15, 0.2) is 11.5 Å². The number of aromatic nitrogens is 2. The monoisotopic (exact) mass is 378 g/mol. The van der Waals surface area contributed by atoms with Gasteiger partial charge in [0, 0.05) is 24.3 Å². The highest BCUT2D eigenvalue weighted by Crippen LogP contribution is 2.44. The molecule has 1 aromatic heterocycles. The number of benzene rings is 2. The third kappa shape index (κ3) is 2.70. The fourth-order valence-corrected chi connectivity index (χ4v) is 3.84. The molecule has 0 unspecified atom stereocenters. The van der Waals surface area contributed by atoms with Gasteiger partial charge in [0.05, 0.1) is 17.7 Å². The van der Waals surface area contributed by atoms with Crippen LogP contribution in [0.2, 0.25) is 5.02 Å². The van der Waals surface area contributed by atoms with E-state index in [2.05, 4.69) is 4.98 Å². The van der Waals surface area contributed by atoms with Crippen molar-refractivity contribution in [3.63, 3.8) is 0 Å². The first-order chi connectivity index (χ1) is 13.1. The number of carbonyl (C=O) groups is 1. The van der Waals surface area contributed by atoms with Gasteiger partial charge in [-0.3, -0.25) is 9.69 Å². The van der Waals surface area contributed by atoms with Gasteiger partial charge in [-0.1, -0.05) is 29.8 Å². The lowest BCUT2D eigenvalue weighted by atomic mass is 10.2. The molecule has 3 aromatic rings. The summed E-state index contributed by atoms with van der Waals surface area (Å²) in [6.45, 7) is 0.835. The Balaban J connectivity index is 1.74. The standard InChI is InChI=1S/C21H19ClN4O/c1-24-17-10-9-15(22)11-18(17)26(16-5-3-2-4-6-16)21(27)19-20(24)23-13-25(19)12-14-7-8-14/h2-6,9-11,13-14H,7-8,12H2,1H3. The van der Waals surface area contributed by atoms with E-state index in [1.165, 1.54) is 12.8 Å². The molecule has 1 saturated carbocycles. The van der Waals surface area contributed by atoms with Gasteiger partial charge in [-0.2, -0.15) is 0 Å². The average molecular weight is 379 g/mol. The van der Waals surface area contributed by atoms with E-state index in [1.54, 1.807) is 11.2 Å². The van der Waals surface area contributed by atoms with E-state index in [9.17, 15) is 4.79 Å². The van der Waals surface area contributed by atoms with E-state index < -0.39 is 0 Å². The lowest BCUT2D eigenvalue weighted by Gasteiger charge is -2.25. The number of hydrogen-bond acceptors (Lipinski definition) is 3. The zero-order valence-corrected chi connectivity index (χ0v) is 15.7. The predicted molar refractivity (Wildman–Crippen MR) is 107 cm³/mol. The van der Waals surface area contributed by atoms with Crippen LogP contribution in [-0.4, -0.2) is 22.5 Å². The summed E-state index contributed by atoms with van der Waals surface area (Å²) in [5.41, 5.74) is 3.09. The van der Waals surface area contributed by atoms with E-state index in [0.717, 1.165) is 23.6 Å². The van der Waals surface area contributed by atoms with Crippen LogP contribution in [-0.2, 0) is 6.54 Å². The largest absolute Gasteiger partial charge is 0.326 e. The number of halogens is 1. The molecule has 1 fully saturated rings. The first-order valence-corrected chi connectivity index (χ1v) is 9.49. The fraction of sp³-hybridized carbons (Fsp3) is 0.238. The Morgan fingerprint density at radius 2 is 1.89 bits per heavy atom. The minimum absolute atomic E-state index is 0.0813. The maximum absolute atomic E-state index is 13.7. The van der Waals surface area contributed by atoms with Gasteiger partial charge in [0.1, 0.15) is 0 Å². The molecule has 6 heteroatoms. The normalized spacial score (nSPS) is 16.1. The second-order valence-corrected chi connectivity index (χ2v) is 7.62. The molecule has 0 spiro atoms. The highest BCUT2D eigenvalue weighted by atomic mass is 35.5. The smallest absolute Gasteiger partial charge is 0.283 e. The van der Waals surface area contributed by atoms with Gasteiger partial charge in [0.2, 0.25) is 0 Å². The maximum atomic E-state index is 13.7. The number of amides is 1. The summed E-state index contributed by atoms with van der Waals surface area (Å²) in [6.07, 6.45) is 4.23. The number of carbonyl (C=O) groups excluding carboxylic acids is 1. The van der Waals surface area contributed by atoms with Gasteiger partial charge in [-0.15, -0.1) is 0 Å². The summed E-state index contributed by atoms with van der Waals surface area (Å²) in [4.78, 5) is 22.0. The highest BCUT2D eigenvalue weighted by Gasteiger charge is 2.35. The Kier molecular flexibility index (Phi) is 3.72. The van der Waals surface area contributed by atoms with Gasteiger partial charge in [-0.05, 0) is 49.1 Å². The molecule has 0 radical (unpaired) electrons. The number of rotatable bonds is 3. The summed E-state index contributed by atoms with van der Waals surface area (Å²) in [5.74, 6) is 1.25. The summed E-state index contributed by atoms with van der Waals surface area (Å²) in [6, 6.07) is 15.3. The second-order valence-electron chi connectivity index (χ2n) is 7.18. The van der Waals surface area contributed by atoms with Crippen LogP contribution in [0.5, 0.6) is 0 Å². The molecule has 0 bridgehead atoms. The lowest BCUT2D eigenvalue weighted by molar-refractivity contribution is 0.0991. The van der Waals surface area contributed by atoms with Gasteiger partial charge in [0.25, 0.3) is 5.91 Å². The van der Waals surface area contributed by atoms with E-state index in [-0.39, 0.29) is 5.91 Å². The molecule has 0 N–H and O–H groups in total. The number of imidazole rings is 1. The summed E-state index contributed by atoms with van der Waals surface area (Å²) >= 11 is 6.29. The molecule has 5 nitrogen and oxygen atoms in total. The minimum Gasteiger partial charge on any atom is -0.326 e. The predicted octanol–water partition coefficient (Wildman–Crippen LogP) is 5.01. The van der Waals surface area contributed by atoms with Crippen LogP contribution in [0.15, 0.2) is 54.9 Å². The van der Waals surface area contributed by atoms with Crippen molar-refractivity contribution in [2.75, 3.05) is 16.8 Å². The van der Waals surface area contributed by atoms with Gasteiger partial charge >= 0.3 is 0 Å². The van der Waals surface area contributed by atoms with E-state index in [0.29, 0.717) is 22.5 Å². The molecule has 5 rings (SSSR count). The zero-order chi connectivity index (χ0) is 18.5. The van der Waals surface area contributed by atoms with Crippen LogP contribution >= 0.6 is 11.6 Å². The quantitative estimate of drug-likeness (QED) is 0.643. The molecule has 27 heavy (non-hydrogen) atoms. The molecular formula is C21H19ClN4O. The molecule has 2 heterocycles. The molecule has 1 aliphatic carbocycles. The van der Waals surface area contributed by atoms with Crippen molar-refractivity contribution in [2.24, 2.45) is 5.92 Å². The van der Waals surface area contributed by atoms with Crippen molar-refractivity contribution in [2.45, 2.75) is 19.4 Å². The van der Waals surface area contributed by atoms with Crippen LogP contribution in [0.25, 0.3) is 0 Å². The SMILES string of the molecule is CN1c2ccc(Cl)cc2N(c2ccccc2)C(=O)c2c1ncn2CC1CC1. The van der Waals surface area contributed by atoms with E-state index >= 15 is 0 Å². The average Bonchev–Trinajstić information content (AvgIpc) is 3.40. The molecule has 136 valence electrons. The molecular weight excluding hydrogens is 360 g/mol. The molecule has 0 saturated heterocycles. The van der Waals surface area contributed by atoms with Crippen LogP contribution < -0.4 is 9.80 Å². The van der Waals surface area contributed by atoms with Crippen LogP contribution in [0.3, 0.4) is 0 Å². The topological polar surface area (TPSA) is 41.4 Å². The zero-order valence-electron chi connectivity index (χ0n) is 15.0. The Bertz CT molecular complexity index is 1030. The molecule has 2 aromatic carbocycles. The van der Waals surface area contributed by atoms with Crippen LogP contribution in [0.1, 0.15) is 23.3 Å². The Labute approximate surface area is 162 Å². The summed E-state index contributed by atoms with van der Waals surface area (Å²) in [7, 11) is 1.95. The van der Waals surface area contributed by atoms with Gasteiger partial charge in [-0.25, -0.2) is 4.98 Å². The first kappa shape index (κ1) is 16.4. The molecule has 1 amide bonds. The van der Waals surface area contributed by atoms with Crippen molar-refractivity contribution in [3.8, 4) is 0 Å². The Hall–Kier alpha value is -2.79. The van der Waals surface area contributed by atoms with Crippen molar-refractivity contribution < 1.29 is 4.79 Å². The van der Waals surface area contributed by atoms with E-state index in [4.69, 9.17) is 11.6 Å². The minimum atomic E-state index is -0.0813. The Morgan fingerprint density at radius 1 is 1.11 bits per heavy atom. The third-order valence-electron chi connectivity index (χ3n) is 5.25. The third-order valence-corrected chi connectivity index (χ3v) is 5.48. The first-order valence-electron chi connectivity index (χ1n) is 9.11. The lowest BCUT2D eigenvalue weighted by Crippen LogP contribution is -2.27. The number of fused-ring (bicyclic) bond motifs is 2. The number of hydrogen-bond donors (Lipinski definition) is 0.